The molecule has 4 unspecified atom stereocenters. The second-order valence-electron chi connectivity index (χ2n) is 14.0. The smallest absolute Gasteiger partial charge is 0.407 e. The molecule has 0 aromatic rings. The Morgan fingerprint density at radius 3 is 2.50 bits per heavy atom. The van der Waals surface area contributed by atoms with E-state index in [2.05, 4.69) is 52.1 Å². The number of allylic oxidation sites excluding steroid dienone is 1. The Morgan fingerprint density at radius 1 is 0.972 bits per heavy atom. The average Bonchev–Trinajstić information content (AvgIpc) is 3.19. The first-order valence-corrected chi connectivity index (χ1v) is 15.5. The number of hydrogen-bond donors (Lipinski definition) is 2. The van der Waals surface area contributed by atoms with Crippen LogP contribution in [0.4, 0.5) is 4.79 Å². The number of nitrogens with two attached hydrogens (primary N) is 1. The molecule has 1 amide bonds. The molecule has 4 heteroatoms. The zero-order valence-corrected chi connectivity index (χ0v) is 24.1. The molecule has 0 heterocycles. The molecule has 3 fully saturated rings. The van der Waals surface area contributed by atoms with E-state index in [0.717, 1.165) is 61.7 Å². The second-order valence-corrected chi connectivity index (χ2v) is 14.0. The third-order valence-corrected chi connectivity index (χ3v) is 11.7. The quantitative estimate of drug-likeness (QED) is 0.237. The maximum absolute atomic E-state index is 12.9. The fourth-order valence-corrected chi connectivity index (χ4v) is 9.69. The van der Waals surface area contributed by atoms with Crippen molar-refractivity contribution < 1.29 is 9.53 Å². The van der Waals surface area contributed by atoms with Crippen molar-refractivity contribution in [3.8, 4) is 0 Å². The van der Waals surface area contributed by atoms with Gasteiger partial charge in [0.05, 0.1) is 0 Å². The summed E-state index contributed by atoms with van der Waals surface area (Å²) in [7, 11) is 0. The molecule has 36 heavy (non-hydrogen) atoms. The van der Waals surface area contributed by atoms with Crippen LogP contribution in [0, 0.1) is 46.3 Å². The highest BCUT2D eigenvalue weighted by Gasteiger charge is 2.65. The number of fused-ring (bicyclic) bond motifs is 5. The average molecular weight is 501 g/mol. The van der Waals surface area contributed by atoms with Gasteiger partial charge in [0.25, 0.3) is 0 Å². The molecule has 0 spiro atoms. The molecule has 4 rings (SSSR count). The number of amides is 1. The molecule has 8 atom stereocenters. The van der Waals surface area contributed by atoms with Crippen LogP contribution in [-0.4, -0.2) is 24.8 Å². The number of hydrogen-bond acceptors (Lipinski definition) is 3. The molecule has 4 aliphatic rings. The van der Waals surface area contributed by atoms with Crippen molar-refractivity contribution in [1.29, 1.82) is 0 Å². The maximum atomic E-state index is 12.9. The van der Waals surface area contributed by atoms with Crippen molar-refractivity contribution in [3.63, 3.8) is 0 Å². The number of carbonyl (C=O) groups is 1. The SMILES string of the molecule is CC(C)CCC[C@@H](C)[C@H]1CCC2C3CCC4(OC(=O)NCCCCN)CC=CC[C@]4(C)C3CC[C@@]21C. The second kappa shape index (κ2) is 11.4. The molecule has 0 aliphatic heterocycles. The third-order valence-electron chi connectivity index (χ3n) is 11.7. The minimum Gasteiger partial charge on any atom is -0.442 e. The van der Waals surface area contributed by atoms with E-state index in [1.807, 2.05) is 0 Å². The van der Waals surface area contributed by atoms with Gasteiger partial charge in [0.15, 0.2) is 0 Å². The lowest BCUT2D eigenvalue weighted by Gasteiger charge is -2.63. The van der Waals surface area contributed by atoms with Gasteiger partial charge in [-0.05, 0) is 105 Å². The Morgan fingerprint density at radius 2 is 1.75 bits per heavy atom. The number of carbonyl (C=O) groups excluding carboxylic acids is 1. The molecule has 0 bridgehead atoms. The van der Waals surface area contributed by atoms with Crippen LogP contribution < -0.4 is 11.1 Å². The molecular formula is C32H56N2O2. The summed E-state index contributed by atoms with van der Waals surface area (Å²) in [5, 5.41) is 3.03. The Hall–Kier alpha value is -1.03. The summed E-state index contributed by atoms with van der Waals surface area (Å²) in [5.74, 6) is 4.85. The van der Waals surface area contributed by atoms with E-state index in [-0.39, 0.29) is 17.1 Å². The monoisotopic (exact) mass is 500 g/mol. The lowest BCUT2D eigenvalue weighted by atomic mass is 9.43. The van der Waals surface area contributed by atoms with Crippen LogP contribution in [0.1, 0.15) is 118 Å². The number of rotatable bonds is 10. The van der Waals surface area contributed by atoms with Crippen molar-refractivity contribution in [3.05, 3.63) is 12.2 Å². The first-order chi connectivity index (χ1) is 17.2. The van der Waals surface area contributed by atoms with Gasteiger partial charge < -0.3 is 15.8 Å². The van der Waals surface area contributed by atoms with E-state index in [1.54, 1.807) is 0 Å². The zero-order valence-electron chi connectivity index (χ0n) is 24.1. The third kappa shape index (κ3) is 5.14. The van der Waals surface area contributed by atoms with Gasteiger partial charge in [-0.3, -0.25) is 0 Å². The van der Waals surface area contributed by atoms with Crippen LogP contribution in [0.3, 0.4) is 0 Å². The summed E-state index contributed by atoms with van der Waals surface area (Å²) in [4.78, 5) is 12.9. The predicted octanol–water partition coefficient (Wildman–Crippen LogP) is 7.86. The van der Waals surface area contributed by atoms with Crippen molar-refractivity contribution in [1.82, 2.24) is 5.32 Å². The van der Waals surface area contributed by atoms with Gasteiger partial charge in [0, 0.05) is 18.4 Å². The summed E-state index contributed by atoms with van der Waals surface area (Å²) >= 11 is 0. The predicted molar refractivity (Wildman–Crippen MR) is 150 cm³/mol. The normalized spacial score (nSPS) is 40.3. The van der Waals surface area contributed by atoms with E-state index >= 15 is 0 Å². The topological polar surface area (TPSA) is 64.3 Å². The fourth-order valence-electron chi connectivity index (χ4n) is 9.69. The highest BCUT2D eigenvalue weighted by molar-refractivity contribution is 5.68. The zero-order chi connectivity index (χ0) is 26.0. The van der Waals surface area contributed by atoms with Gasteiger partial charge in [-0.1, -0.05) is 66.0 Å². The van der Waals surface area contributed by atoms with Crippen molar-refractivity contribution in [2.75, 3.05) is 13.1 Å². The number of unbranched alkanes of at least 4 members (excludes halogenated alkanes) is 1. The fraction of sp³-hybridized carbons (Fsp3) is 0.906. The van der Waals surface area contributed by atoms with Gasteiger partial charge in [-0.2, -0.15) is 0 Å². The van der Waals surface area contributed by atoms with Crippen LogP contribution in [0.2, 0.25) is 0 Å². The van der Waals surface area contributed by atoms with Crippen LogP contribution in [-0.2, 0) is 4.74 Å². The largest absolute Gasteiger partial charge is 0.442 e. The molecule has 4 aliphatic carbocycles. The molecule has 0 saturated heterocycles. The first kappa shape index (κ1) is 28.0. The molecule has 3 N–H and O–H groups in total. The lowest BCUT2D eigenvalue weighted by Crippen LogP contribution is -2.62. The molecule has 0 aromatic carbocycles. The molecule has 4 nitrogen and oxygen atoms in total. The summed E-state index contributed by atoms with van der Waals surface area (Å²) < 4.78 is 6.44. The van der Waals surface area contributed by atoms with E-state index in [9.17, 15) is 4.79 Å². The molecule has 0 aromatic heterocycles. The molecular weight excluding hydrogens is 444 g/mol. The van der Waals surface area contributed by atoms with E-state index in [1.165, 1.54) is 51.4 Å². The van der Waals surface area contributed by atoms with Crippen LogP contribution in [0.25, 0.3) is 0 Å². The Kier molecular flexibility index (Phi) is 8.85. The summed E-state index contributed by atoms with van der Waals surface area (Å²) in [6, 6.07) is 0. The van der Waals surface area contributed by atoms with Crippen LogP contribution in [0.5, 0.6) is 0 Å². The van der Waals surface area contributed by atoms with Crippen molar-refractivity contribution >= 4 is 6.09 Å². The van der Waals surface area contributed by atoms with Gasteiger partial charge in [0.2, 0.25) is 0 Å². The summed E-state index contributed by atoms with van der Waals surface area (Å²) in [6.07, 6.45) is 20.1. The van der Waals surface area contributed by atoms with Gasteiger partial charge in [-0.15, -0.1) is 0 Å². The number of nitrogens with one attached hydrogen (secondary N) is 1. The maximum Gasteiger partial charge on any atom is 0.407 e. The van der Waals surface area contributed by atoms with Crippen molar-refractivity contribution in [2.24, 2.45) is 52.1 Å². The Labute approximate surface area is 222 Å². The van der Waals surface area contributed by atoms with E-state index < -0.39 is 0 Å². The van der Waals surface area contributed by atoms with Gasteiger partial charge in [0.1, 0.15) is 5.60 Å². The Balaban J connectivity index is 1.46. The van der Waals surface area contributed by atoms with Crippen molar-refractivity contribution in [2.45, 2.75) is 124 Å². The molecule has 0 radical (unpaired) electrons. The number of ether oxygens (including phenoxy) is 1. The first-order valence-electron chi connectivity index (χ1n) is 15.5. The lowest BCUT2D eigenvalue weighted by molar-refractivity contribution is -0.188. The van der Waals surface area contributed by atoms with Gasteiger partial charge >= 0.3 is 6.09 Å². The summed E-state index contributed by atoms with van der Waals surface area (Å²) in [5.41, 5.74) is 5.81. The van der Waals surface area contributed by atoms with Crippen LogP contribution in [0.15, 0.2) is 12.2 Å². The summed E-state index contributed by atoms with van der Waals surface area (Å²) in [6.45, 7) is 13.7. The van der Waals surface area contributed by atoms with Gasteiger partial charge in [-0.25, -0.2) is 4.79 Å². The minimum atomic E-state index is -0.350. The molecule has 206 valence electrons. The highest BCUT2D eigenvalue weighted by Crippen LogP contribution is 2.69. The standard InChI is InChI=1S/C32H56N2O2/c1-23(2)11-10-12-24(3)26-13-14-27-25-15-20-32(36-29(35)34-22-9-8-21-33)18-7-6-17-31(32,5)28(25)16-19-30(26,27)4/h6-7,23-28H,8-22,33H2,1-5H3,(H,34,35)/t24-,25?,26-,27?,28?,30-,31-,32?/m1/s1. The van der Waals surface area contributed by atoms with E-state index in [0.29, 0.717) is 24.4 Å². The highest BCUT2D eigenvalue weighted by atomic mass is 16.6. The van der Waals surface area contributed by atoms with Crippen LogP contribution >= 0.6 is 0 Å². The molecule has 3 saturated carbocycles. The Bertz CT molecular complexity index is 780. The minimum absolute atomic E-state index is 0.0432. The number of alkyl carbamates (subject to hydrolysis) is 1. The van der Waals surface area contributed by atoms with E-state index in [4.69, 9.17) is 10.5 Å².